The summed E-state index contributed by atoms with van der Waals surface area (Å²) in [5, 5.41) is 11.9. The molecule has 3 heteroatoms. The van der Waals surface area contributed by atoms with Crippen molar-refractivity contribution in [3.05, 3.63) is 0 Å². The van der Waals surface area contributed by atoms with Gasteiger partial charge in [0.05, 0.1) is 6.10 Å². The van der Waals surface area contributed by atoms with Crippen molar-refractivity contribution in [1.82, 2.24) is 5.32 Å². The van der Waals surface area contributed by atoms with Crippen LogP contribution in [0.3, 0.4) is 0 Å². The maximum atomic E-state index is 8.57. The molecule has 1 rings (SSSR count). The molecule has 2 unspecified atom stereocenters. The predicted octanol–water partition coefficient (Wildman–Crippen LogP) is 0.526. The first kappa shape index (κ1) is 9.96. The first-order valence-electron chi connectivity index (χ1n) is 4.80. The van der Waals surface area contributed by atoms with E-state index in [0.29, 0.717) is 12.1 Å². The maximum absolute atomic E-state index is 8.57. The van der Waals surface area contributed by atoms with Crippen LogP contribution in [0.15, 0.2) is 0 Å². The van der Waals surface area contributed by atoms with Gasteiger partial charge in [0.15, 0.2) is 0 Å². The Morgan fingerprint density at radius 3 is 3.08 bits per heavy atom. The highest BCUT2D eigenvalue weighted by atomic mass is 16.5. The highest BCUT2D eigenvalue weighted by Gasteiger charge is 2.21. The minimum atomic E-state index is 0.269. The van der Waals surface area contributed by atoms with Crippen LogP contribution in [-0.2, 0) is 4.74 Å². The summed E-state index contributed by atoms with van der Waals surface area (Å²) < 4.78 is 5.52. The number of ether oxygens (including phenoxy) is 1. The van der Waals surface area contributed by atoms with Gasteiger partial charge in [-0.15, -0.1) is 0 Å². The van der Waals surface area contributed by atoms with Crippen LogP contribution < -0.4 is 5.32 Å². The monoisotopic (exact) mass is 173 g/mol. The van der Waals surface area contributed by atoms with Gasteiger partial charge in [0.1, 0.15) is 0 Å². The van der Waals surface area contributed by atoms with Crippen LogP contribution in [0, 0.1) is 0 Å². The molecule has 0 radical (unpaired) electrons. The lowest BCUT2D eigenvalue weighted by molar-refractivity contribution is 0.0831. The second kappa shape index (κ2) is 5.51. The van der Waals surface area contributed by atoms with E-state index in [9.17, 15) is 0 Å². The molecular weight excluding hydrogens is 154 g/mol. The van der Waals surface area contributed by atoms with E-state index in [-0.39, 0.29) is 6.61 Å². The van der Waals surface area contributed by atoms with E-state index in [1.807, 2.05) is 0 Å². The predicted molar refractivity (Wildman–Crippen MR) is 48.1 cm³/mol. The number of aliphatic hydroxyl groups is 1. The van der Waals surface area contributed by atoms with Crippen LogP contribution in [0.25, 0.3) is 0 Å². The molecule has 0 spiro atoms. The third kappa shape index (κ3) is 3.09. The topological polar surface area (TPSA) is 41.5 Å². The van der Waals surface area contributed by atoms with Crippen molar-refractivity contribution in [2.45, 2.75) is 38.3 Å². The quantitative estimate of drug-likeness (QED) is 0.596. The van der Waals surface area contributed by atoms with E-state index in [1.54, 1.807) is 0 Å². The second-order valence-corrected chi connectivity index (χ2v) is 3.37. The van der Waals surface area contributed by atoms with Crippen molar-refractivity contribution in [3.8, 4) is 0 Å². The molecule has 1 fully saturated rings. The van der Waals surface area contributed by atoms with Crippen molar-refractivity contribution in [2.75, 3.05) is 19.8 Å². The summed E-state index contributed by atoms with van der Waals surface area (Å²) in [4.78, 5) is 0. The largest absolute Gasteiger partial charge is 0.396 e. The van der Waals surface area contributed by atoms with E-state index >= 15 is 0 Å². The Bertz CT molecular complexity index is 113. The molecule has 0 amide bonds. The molecule has 0 bridgehead atoms. The summed E-state index contributed by atoms with van der Waals surface area (Å²) in [5.74, 6) is 0. The molecule has 12 heavy (non-hydrogen) atoms. The van der Waals surface area contributed by atoms with Gasteiger partial charge in [0.25, 0.3) is 0 Å². The average molecular weight is 173 g/mol. The molecule has 0 aromatic carbocycles. The van der Waals surface area contributed by atoms with Crippen molar-refractivity contribution in [2.24, 2.45) is 0 Å². The molecule has 0 aromatic heterocycles. The van der Waals surface area contributed by atoms with E-state index in [1.165, 1.54) is 12.8 Å². The summed E-state index contributed by atoms with van der Waals surface area (Å²) in [6.45, 7) is 4.22. The fourth-order valence-corrected chi connectivity index (χ4v) is 1.54. The number of rotatable bonds is 5. The molecule has 0 aliphatic carbocycles. The normalized spacial score (nSPS) is 26.0. The van der Waals surface area contributed by atoms with Gasteiger partial charge < -0.3 is 15.2 Å². The van der Waals surface area contributed by atoms with E-state index in [2.05, 4.69) is 12.2 Å². The summed E-state index contributed by atoms with van der Waals surface area (Å²) in [6, 6.07) is 0.430. The zero-order valence-electron chi connectivity index (χ0n) is 7.75. The Morgan fingerprint density at radius 1 is 1.67 bits per heavy atom. The van der Waals surface area contributed by atoms with Gasteiger partial charge in [0, 0.05) is 19.3 Å². The first-order chi connectivity index (χ1) is 5.84. The zero-order chi connectivity index (χ0) is 8.81. The van der Waals surface area contributed by atoms with Crippen LogP contribution in [0.1, 0.15) is 26.2 Å². The van der Waals surface area contributed by atoms with Crippen LogP contribution in [-0.4, -0.2) is 37.0 Å². The highest BCUT2D eigenvalue weighted by molar-refractivity contribution is 4.76. The van der Waals surface area contributed by atoms with Gasteiger partial charge in [-0.2, -0.15) is 0 Å². The molecule has 3 nitrogen and oxygen atoms in total. The second-order valence-electron chi connectivity index (χ2n) is 3.37. The fourth-order valence-electron chi connectivity index (χ4n) is 1.54. The minimum absolute atomic E-state index is 0.269. The van der Waals surface area contributed by atoms with Crippen LogP contribution >= 0.6 is 0 Å². The molecule has 0 saturated carbocycles. The number of hydrogen-bond acceptors (Lipinski definition) is 3. The number of hydrogen-bond donors (Lipinski definition) is 2. The Morgan fingerprint density at radius 2 is 2.50 bits per heavy atom. The number of nitrogens with one attached hydrogen (secondary N) is 1. The molecule has 2 atom stereocenters. The maximum Gasteiger partial charge on any atom is 0.0726 e. The van der Waals surface area contributed by atoms with Crippen molar-refractivity contribution in [1.29, 1.82) is 0 Å². The third-order valence-electron chi connectivity index (χ3n) is 2.32. The van der Waals surface area contributed by atoms with Gasteiger partial charge >= 0.3 is 0 Å². The lowest BCUT2D eigenvalue weighted by Gasteiger charge is -2.19. The Balaban J connectivity index is 2.05. The van der Waals surface area contributed by atoms with Gasteiger partial charge in [-0.3, -0.25) is 0 Å². The van der Waals surface area contributed by atoms with Crippen LogP contribution in [0.4, 0.5) is 0 Å². The van der Waals surface area contributed by atoms with Gasteiger partial charge in [-0.05, 0) is 32.7 Å². The summed E-state index contributed by atoms with van der Waals surface area (Å²) in [5.41, 5.74) is 0. The molecule has 0 aromatic rings. The molecule has 1 aliphatic rings. The molecule has 1 heterocycles. The Kier molecular flexibility index (Phi) is 4.58. The summed E-state index contributed by atoms with van der Waals surface area (Å²) >= 11 is 0. The van der Waals surface area contributed by atoms with E-state index in [4.69, 9.17) is 9.84 Å². The average Bonchev–Trinajstić information content (AvgIpc) is 2.56. The number of aliphatic hydroxyl groups excluding tert-OH is 1. The van der Waals surface area contributed by atoms with Crippen LogP contribution in [0.2, 0.25) is 0 Å². The molecular formula is C9H19NO2. The van der Waals surface area contributed by atoms with Crippen molar-refractivity contribution >= 4 is 0 Å². The first-order valence-corrected chi connectivity index (χ1v) is 4.80. The lowest BCUT2D eigenvalue weighted by Crippen LogP contribution is -2.37. The minimum Gasteiger partial charge on any atom is -0.396 e. The van der Waals surface area contributed by atoms with Gasteiger partial charge in [-0.25, -0.2) is 0 Å². The zero-order valence-corrected chi connectivity index (χ0v) is 7.75. The fraction of sp³-hybridized carbons (Fsp3) is 1.00. The summed E-state index contributed by atoms with van der Waals surface area (Å²) in [6.07, 6.45) is 3.59. The molecule has 72 valence electrons. The van der Waals surface area contributed by atoms with E-state index in [0.717, 1.165) is 19.6 Å². The standard InChI is InChI=1S/C9H19NO2/c1-8(10-5-3-6-11)9-4-2-7-12-9/h8-11H,2-7H2,1H3. The lowest BCUT2D eigenvalue weighted by atomic mass is 10.1. The van der Waals surface area contributed by atoms with Crippen LogP contribution in [0.5, 0.6) is 0 Å². The molecule has 1 saturated heterocycles. The van der Waals surface area contributed by atoms with Gasteiger partial charge in [0.2, 0.25) is 0 Å². The smallest absolute Gasteiger partial charge is 0.0726 e. The molecule has 1 aliphatic heterocycles. The third-order valence-corrected chi connectivity index (χ3v) is 2.32. The van der Waals surface area contributed by atoms with E-state index < -0.39 is 0 Å². The SMILES string of the molecule is CC(NCCCO)C1CCCO1. The van der Waals surface area contributed by atoms with Crippen molar-refractivity contribution in [3.63, 3.8) is 0 Å². The molecule has 2 N–H and O–H groups in total. The highest BCUT2D eigenvalue weighted by Crippen LogP contribution is 2.14. The Hall–Kier alpha value is -0.120. The van der Waals surface area contributed by atoms with Crippen molar-refractivity contribution < 1.29 is 9.84 Å². The summed E-state index contributed by atoms with van der Waals surface area (Å²) in [7, 11) is 0. The van der Waals surface area contributed by atoms with Gasteiger partial charge in [-0.1, -0.05) is 0 Å². The Labute approximate surface area is 74.1 Å².